The molecular formula is C59H38N2. The van der Waals surface area contributed by atoms with Crippen molar-refractivity contribution in [2.24, 2.45) is 0 Å². The molecule has 0 saturated heterocycles. The Morgan fingerprint density at radius 1 is 0.246 bits per heavy atom. The third-order valence-corrected chi connectivity index (χ3v) is 12.8. The summed E-state index contributed by atoms with van der Waals surface area (Å²) in [6.45, 7) is 0. The van der Waals surface area contributed by atoms with E-state index in [4.69, 9.17) is 9.97 Å². The SMILES string of the molecule is c1ccc(-c2ccc(-c3nc(-c4cccc(-c5ccccc5)c4)cc(-c4cccc5c4-c4ccccc4C54c5ccccc5-c5ccccc5-c5ccccc54)n3)cc2)cc1. The molecule has 284 valence electrons. The third-order valence-electron chi connectivity index (χ3n) is 12.8. The van der Waals surface area contributed by atoms with Crippen molar-refractivity contribution in [3.8, 4) is 89.5 Å². The standard InChI is InChI=1S/C59H38N2/c1-3-17-39(18-4-1)41-33-35-42(36-34-41)58-60-55(44-22-15-21-43(37-44)40-19-5-2-6-20-40)38-56(61-58)50-28-16-32-54-57(50)49-27-11-14-31-53(49)59(54)51-29-12-9-25-47(51)45-23-7-8-24-46(45)48-26-10-13-30-52(48)59/h1-38H. The highest BCUT2D eigenvalue weighted by Gasteiger charge is 2.50. The molecule has 2 aliphatic carbocycles. The molecule has 2 nitrogen and oxygen atoms in total. The molecule has 0 amide bonds. The number of benzene rings is 9. The summed E-state index contributed by atoms with van der Waals surface area (Å²) in [5.74, 6) is 0.691. The highest BCUT2D eigenvalue weighted by atomic mass is 14.9. The van der Waals surface area contributed by atoms with Gasteiger partial charge in [0.15, 0.2) is 5.82 Å². The molecule has 10 aromatic rings. The number of hydrogen-bond donors (Lipinski definition) is 0. The lowest BCUT2D eigenvalue weighted by Gasteiger charge is -2.35. The number of hydrogen-bond acceptors (Lipinski definition) is 2. The largest absolute Gasteiger partial charge is 0.228 e. The molecule has 0 radical (unpaired) electrons. The maximum Gasteiger partial charge on any atom is 0.160 e. The van der Waals surface area contributed by atoms with Gasteiger partial charge in [-0.3, -0.25) is 0 Å². The van der Waals surface area contributed by atoms with Gasteiger partial charge in [0.25, 0.3) is 0 Å². The van der Waals surface area contributed by atoms with Gasteiger partial charge in [0, 0.05) is 16.7 Å². The summed E-state index contributed by atoms with van der Waals surface area (Å²) in [6, 6.07) is 83.5. The molecule has 0 bridgehead atoms. The smallest absolute Gasteiger partial charge is 0.160 e. The summed E-state index contributed by atoms with van der Waals surface area (Å²) in [4.78, 5) is 10.8. The molecule has 0 N–H and O–H groups in total. The van der Waals surface area contributed by atoms with E-state index in [9.17, 15) is 0 Å². The van der Waals surface area contributed by atoms with Crippen molar-refractivity contribution in [3.63, 3.8) is 0 Å². The fourth-order valence-corrected chi connectivity index (χ4v) is 10.1. The number of nitrogens with zero attached hydrogens (tertiary/aromatic N) is 2. The molecular weight excluding hydrogens is 737 g/mol. The summed E-state index contributed by atoms with van der Waals surface area (Å²) >= 11 is 0. The quantitative estimate of drug-likeness (QED) is 0.174. The first-order chi connectivity index (χ1) is 30.3. The summed E-state index contributed by atoms with van der Waals surface area (Å²) in [5, 5.41) is 0. The molecule has 0 atom stereocenters. The van der Waals surface area contributed by atoms with Crippen LogP contribution in [0.5, 0.6) is 0 Å². The molecule has 1 heterocycles. The Bertz CT molecular complexity index is 3230. The maximum absolute atomic E-state index is 5.49. The Kier molecular flexibility index (Phi) is 8.11. The molecule has 12 rings (SSSR count). The second kappa shape index (κ2) is 14.1. The molecule has 2 heteroatoms. The Balaban J connectivity index is 1.12. The van der Waals surface area contributed by atoms with Crippen molar-refractivity contribution in [3.05, 3.63) is 253 Å². The first-order valence-corrected chi connectivity index (χ1v) is 21.0. The lowest BCUT2D eigenvalue weighted by atomic mass is 9.66. The van der Waals surface area contributed by atoms with Gasteiger partial charge in [0.1, 0.15) is 0 Å². The third kappa shape index (κ3) is 5.50. The lowest BCUT2D eigenvalue weighted by molar-refractivity contribution is 0.775. The predicted molar refractivity (Wildman–Crippen MR) is 251 cm³/mol. The van der Waals surface area contributed by atoms with Gasteiger partial charge in [0.05, 0.1) is 16.8 Å². The van der Waals surface area contributed by atoms with E-state index in [1.165, 1.54) is 66.8 Å². The van der Waals surface area contributed by atoms with Gasteiger partial charge in [-0.1, -0.05) is 218 Å². The zero-order valence-electron chi connectivity index (χ0n) is 33.3. The van der Waals surface area contributed by atoms with Gasteiger partial charge in [-0.2, -0.15) is 0 Å². The van der Waals surface area contributed by atoms with Crippen molar-refractivity contribution in [1.29, 1.82) is 0 Å². The average molecular weight is 775 g/mol. The normalized spacial score (nSPS) is 12.7. The Hall–Kier alpha value is -7.94. The molecule has 1 aromatic heterocycles. The van der Waals surface area contributed by atoms with E-state index in [1.807, 2.05) is 0 Å². The molecule has 1 spiro atoms. The van der Waals surface area contributed by atoms with Crippen LogP contribution in [0.15, 0.2) is 231 Å². The highest BCUT2D eigenvalue weighted by molar-refractivity contribution is 6.00. The molecule has 9 aromatic carbocycles. The van der Waals surface area contributed by atoms with Gasteiger partial charge in [-0.15, -0.1) is 0 Å². The van der Waals surface area contributed by atoms with Gasteiger partial charge in [-0.25, -0.2) is 9.97 Å². The Morgan fingerprint density at radius 2 is 0.656 bits per heavy atom. The van der Waals surface area contributed by atoms with E-state index in [2.05, 4.69) is 231 Å². The molecule has 0 aliphatic heterocycles. The van der Waals surface area contributed by atoms with E-state index in [0.29, 0.717) is 5.82 Å². The maximum atomic E-state index is 5.49. The number of aromatic nitrogens is 2. The van der Waals surface area contributed by atoms with Crippen LogP contribution >= 0.6 is 0 Å². The van der Waals surface area contributed by atoms with Crippen LogP contribution in [-0.4, -0.2) is 9.97 Å². The van der Waals surface area contributed by atoms with Crippen LogP contribution < -0.4 is 0 Å². The molecule has 0 fully saturated rings. The van der Waals surface area contributed by atoms with Crippen LogP contribution in [0.2, 0.25) is 0 Å². The van der Waals surface area contributed by atoms with Crippen LogP contribution in [0.25, 0.3) is 89.5 Å². The van der Waals surface area contributed by atoms with Crippen LogP contribution in [-0.2, 0) is 5.41 Å². The van der Waals surface area contributed by atoms with Gasteiger partial charge in [-0.05, 0) is 90.0 Å². The lowest BCUT2D eigenvalue weighted by Crippen LogP contribution is -2.29. The van der Waals surface area contributed by atoms with E-state index < -0.39 is 5.41 Å². The fraction of sp³-hybridized carbons (Fsp3) is 0.0169. The first-order valence-electron chi connectivity index (χ1n) is 21.0. The van der Waals surface area contributed by atoms with E-state index in [-0.39, 0.29) is 0 Å². The number of fused-ring (bicyclic) bond motifs is 12. The second-order valence-electron chi connectivity index (χ2n) is 16.0. The number of rotatable bonds is 5. The summed E-state index contributed by atoms with van der Waals surface area (Å²) in [6.07, 6.45) is 0. The fourth-order valence-electron chi connectivity index (χ4n) is 10.1. The highest BCUT2D eigenvalue weighted by Crippen LogP contribution is 2.62. The Morgan fingerprint density at radius 3 is 1.30 bits per heavy atom. The molecule has 0 unspecified atom stereocenters. The van der Waals surface area contributed by atoms with Crippen LogP contribution in [0.1, 0.15) is 22.3 Å². The molecule has 61 heavy (non-hydrogen) atoms. The van der Waals surface area contributed by atoms with Crippen molar-refractivity contribution < 1.29 is 0 Å². The topological polar surface area (TPSA) is 25.8 Å². The van der Waals surface area contributed by atoms with Crippen LogP contribution in [0.3, 0.4) is 0 Å². The molecule has 2 aliphatic rings. The minimum Gasteiger partial charge on any atom is -0.228 e. The summed E-state index contributed by atoms with van der Waals surface area (Å²) in [7, 11) is 0. The zero-order chi connectivity index (χ0) is 40.3. The zero-order valence-corrected chi connectivity index (χ0v) is 33.3. The monoisotopic (exact) mass is 774 g/mol. The van der Waals surface area contributed by atoms with E-state index in [1.54, 1.807) is 0 Å². The van der Waals surface area contributed by atoms with Gasteiger partial charge >= 0.3 is 0 Å². The van der Waals surface area contributed by atoms with Crippen LogP contribution in [0, 0.1) is 0 Å². The predicted octanol–water partition coefficient (Wildman–Crippen LogP) is 14.8. The minimum atomic E-state index is -0.579. The van der Waals surface area contributed by atoms with Gasteiger partial charge in [0.2, 0.25) is 0 Å². The van der Waals surface area contributed by atoms with Gasteiger partial charge < -0.3 is 0 Å². The minimum absolute atomic E-state index is 0.579. The Labute approximate surface area is 356 Å². The van der Waals surface area contributed by atoms with Crippen molar-refractivity contribution in [2.45, 2.75) is 5.41 Å². The van der Waals surface area contributed by atoms with Crippen molar-refractivity contribution in [2.75, 3.05) is 0 Å². The van der Waals surface area contributed by atoms with E-state index >= 15 is 0 Å². The summed E-state index contributed by atoms with van der Waals surface area (Å²) < 4.78 is 0. The van der Waals surface area contributed by atoms with Crippen molar-refractivity contribution >= 4 is 0 Å². The average Bonchev–Trinajstić information content (AvgIpc) is 3.59. The second-order valence-corrected chi connectivity index (χ2v) is 16.0. The first kappa shape index (κ1) is 35.0. The van der Waals surface area contributed by atoms with Crippen LogP contribution in [0.4, 0.5) is 0 Å². The van der Waals surface area contributed by atoms with E-state index in [0.717, 1.165) is 39.2 Å². The summed E-state index contributed by atoms with van der Waals surface area (Å²) in [5.41, 5.74) is 21.5. The van der Waals surface area contributed by atoms with Crippen molar-refractivity contribution in [1.82, 2.24) is 9.97 Å². The molecule has 0 saturated carbocycles.